The number of esters is 1. The third kappa shape index (κ3) is 3.94. The van der Waals surface area contributed by atoms with Gasteiger partial charge in [-0.3, -0.25) is 4.79 Å². The molecule has 0 N–H and O–H groups in total. The van der Waals surface area contributed by atoms with Crippen LogP contribution in [-0.4, -0.2) is 44.8 Å². The molecule has 1 aliphatic heterocycles. The van der Waals surface area contributed by atoms with E-state index in [1.54, 1.807) is 7.11 Å². The summed E-state index contributed by atoms with van der Waals surface area (Å²) in [6.07, 6.45) is 3.82. The highest BCUT2D eigenvalue weighted by Gasteiger charge is 2.27. The van der Waals surface area contributed by atoms with Gasteiger partial charge >= 0.3 is 5.97 Å². The largest absolute Gasteiger partial charge is 0.462 e. The fourth-order valence-corrected chi connectivity index (χ4v) is 2.32. The Morgan fingerprint density at radius 3 is 2.65 bits per heavy atom. The van der Waals surface area contributed by atoms with Crippen LogP contribution in [0.15, 0.2) is 0 Å². The summed E-state index contributed by atoms with van der Waals surface area (Å²) < 4.78 is 21.1. The average Bonchev–Trinajstić information content (AvgIpc) is 2.82. The lowest BCUT2D eigenvalue weighted by Crippen LogP contribution is -2.30. The SMILES string of the molecule is CO[C@H]1CCC[C@@H](OC(=O)CC2OCCO2)C1. The molecule has 2 aliphatic rings. The third-order valence-electron chi connectivity index (χ3n) is 3.23. The molecule has 0 radical (unpaired) electrons. The van der Waals surface area contributed by atoms with E-state index in [9.17, 15) is 4.79 Å². The van der Waals surface area contributed by atoms with E-state index in [1.807, 2.05) is 0 Å². The van der Waals surface area contributed by atoms with Crippen molar-refractivity contribution in [3.63, 3.8) is 0 Å². The van der Waals surface area contributed by atoms with Crippen LogP contribution >= 0.6 is 0 Å². The number of ether oxygens (including phenoxy) is 4. The molecule has 5 heteroatoms. The first-order valence-corrected chi connectivity index (χ1v) is 6.23. The first kappa shape index (κ1) is 12.8. The molecule has 0 bridgehead atoms. The molecule has 1 aliphatic carbocycles. The highest BCUT2D eigenvalue weighted by Crippen LogP contribution is 2.23. The van der Waals surface area contributed by atoms with Crippen LogP contribution in [0.2, 0.25) is 0 Å². The summed E-state index contributed by atoms with van der Waals surface area (Å²) in [5.41, 5.74) is 0. The van der Waals surface area contributed by atoms with Crippen molar-refractivity contribution >= 4 is 5.97 Å². The maximum absolute atomic E-state index is 11.6. The summed E-state index contributed by atoms with van der Waals surface area (Å²) in [6.45, 7) is 1.13. The molecule has 0 aromatic carbocycles. The molecule has 2 fully saturated rings. The first-order valence-electron chi connectivity index (χ1n) is 6.23. The monoisotopic (exact) mass is 244 g/mol. The molecule has 0 amide bonds. The van der Waals surface area contributed by atoms with Crippen molar-refractivity contribution in [1.29, 1.82) is 0 Å². The Kier molecular flexibility index (Phi) is 4.76. The summed E-state index contributed by atoms with van der Waals surface area (Å²) in [6, 6.07) is 0. The molecule has 0 aromatic rings. The molecule has 98 valence electrons. The Balaban J connectivity index is 1.70. The van der Waals surface area contributed by atoms with Gasteiger partial charge in [0.2, 0.25) is 0 Å². The highest BCUT2D eigenvalue weighted by molar-refractivity contribution is 5.70. The molecular formula is C12H20O5. The van der Waals surface area contributed by atoms with E-state index in [0.29, 0.717) is 13.2 Å². The third-order valence-corrected chi connectivity index (χ3v) is 3.23. The second-order valence-electron chi connectivity index (χ2n) is 4.51. The van der Waals surface area contributed by atoms with Gasteiger partial charge < -0.3 is 18.9 Å². The molecule has 0 spiro atoms. The van der Waals surface area contributed by atoms with Crippen molar-refractivity contribution in [1.82, 2.24) is 0 Å². The Morgan fingerprint density at radius 1 is 1.24 bits per heavy atom. The number of carbonyl (C=O) groups is 1. The number of methoxy groups -OCH3 is 1. The zero-order chi connectivity index (χ0) is 12.1. The van der Waals surface area contributed by atoms with Crippen LogP contribution in [0.25, 0.3) is 0 Å². The van der Waals surface area contributed by atoms with Gasteiger partial charge in [-0.1, -0.05) is 0 Å². The Morgan fingerprint density at radius 2 is 1.94 bits per heavy atom. The van der Waals surface area contributed by atoms with Gasteiger partial charge in [0.15, 0.2) is 6.29 Å². The number of rotatable bonds is 4. The van der Waals surface area contributed by atoms with Crippen LogP contribution in [0.3, 0.4) is 0 Å². The smallest absolute Gasteiger partial charge is 0.311 e. The van der Waals surface area contributed by atoms with Gasteiger partial charge in [-0.2, -0.15) is 0 Å². The topological polar surface area (TPSA) is 54.0 Å². The molecule has 1 saturated carbocycles. The lowest BCUT2D eigenvalue weighted by atomic mass is 9.95. The van der Waals surface area contributed by atoms with E-state index in [1.165, 1.54) is 0 Å². The van der Waals surface area contributed by atoms with E-state index >= 15 is 0 Å². The minimum absolute atomic E-state index is 0.0115. The van der Waals surface area contributed by atoms with Crippen LogP contribution in [0.5, 0.6) is 0 Å². The van der Waals surface area contributed by atoms with Gasteiger partial charge in [0, 0.05) is 13.5 Å². The molecule has 1 saturated heterocycles. The van der Waals surface area contributed by atoms with Crippen molar-refractivity contribution in [3.8, 4) is 0 Å². The fourth-order valence-electron chi connectivity index (χ4n) is 2.32. The lowest BCUT2D eigenvalue weighted by Gasteiger charge is -2.28. The van der Waals surface area contributed by atoms with E-state index in [-0.39, 0.29) is 24.6 Å². The first-order chi connectivity index (χ1) is 8.28. The molecule has 0 unspecified atom stereocenters. The molecule has 5 nitrogen and oxygen atoms in total. The molecule has 17 heavy (non-hydrogen) atoms. The normalized spacial score (nSPS) is 30.4. The molecule has 0 aromatic heterocycles. The second-order valence-corrected chi connectivity index (χ2v) is 4.51. The minimum Gasteiger partial charge on any atom is -0.462 e. The Labute approximate surface area is 101 Å². The van der Waals surface area contributed by atoms with E-state index in [0.717, 1.165) is 25.7 Å². The van der Waals surface area contributed by atoms with Gasteiger partial charge in [-0.05, 0) is 19.3 Å². The molecule has 2 rings (SSSR count). The summed E-state index contributed by atoms with van der Waals surface area (Å²) in [5.74, 6) is -0.237. The van der Waals surface area contributed by atoms with Gasteiger partial charge in [-0.15, -0.1) is 0 Å². The van der Waals surface area contributed by atoms with Gasteiger partial charge in [0.25, 0.3) is 0 Å². The predicted octanol–water partition coefficient (Wildman–Crippen LogP) is 1.25. The summed E-state index contributed by atoms with van der Waals surface area (Å²) in [5, 5.41) is 0. The van der Waals surface area contributed by atoms with E-state index in [4.69, 9.17) is 18.9 Å². The van der Waals surface area contributed by atoms with Gasteiger partial charge in [0.1, 0.15) is 6.10 Å². The standard InChI is InChI=1S/C12H20O5/c1-14-9-3-2-4-10(7-9)17-11(13)8-12-15-5-6-16-12/h9-10,12H,2-8H2,1H3/t9-,10+/m0/s1. The lowest BCUT2D eigenvalue weighted by molar-refractivity contribution is -0.160. The van der Waals surface area contributed by atoms with Crippen molar-refractivity contribution < 1.29 is 23.7 Å². The van der Waals surface area contributed by atoms with Crippen molar-refractivity contribution in [2.24, 2.45) is 0 Å². The molecular weight excluding hydrogens is 224 g/mol. The van der Waals surface area contributed by atoms with Gasteiger partial charge in [-0.25, -0.2) is 0 Å². The average molecular weight is 244 g/mol. The minimum atomic E-state index is -0.413. The number of carbonyl (C=O) groups excluding carboxylic acids is 1. The van der Waals surface area contributed by atoms with Crippen LogP contribution in [0.1, 0.15) is 32.1 Å². The Hall–Kier alpha value is -0.650. The fraction of sp³-hybridized carbons (Fsp3) is 0.917. The maximum Gasteiger partial charge on any atom is 0.311 e. The Bertz CT molecular complexity index is 249. The number of hydrogen-bond acceptors (Lipinski definition) is 5. The zero-order valence-electron chi connectivity index (χ0n) is 10.2. The molecule has 1 heterocycles. The van der Waals surface area contributed by atoms with Crippen LogP contribution in [0.4, 0.5) is 0 Å². The summed E-state index contributed by atoms with van der Waals surface area (Å²) >= 11 is 0. The van der Waals surface area contributed by atoms with Crippen molar-refractivity contribution in [2.75, 3.05) is 20.3 Å². The molecule has 2 atom stereocenters. The summed E-state index contributed by atoms with van der Waals surface area (Å²) in [4.78, 5) is 11.6. The zero-order valence-corrected chi connectivity index (χ0v) is 10.2. The quantitative estimate of drug-likeness (QED) is 0.697. The van der Waals surface area contributed by atoms with Crippen molar-refractivity contribution in [2.45, 2.75) is 50.6 Å². The van der Waals surface area contributed by atoms with Gasteiger partial charge in [0.05, 0.1) is 25.7 Å². The van der Waals surface area contributed by atoms with Crippen molar-refractivity contribution in [3.05, 3.63) is 0 Å². The highest BCUT2D eigenvalue weighted by atomic mass is 16.7. The number of hydrogen-bond donors (Lipinski definition) is 0. The predicted molar refractivity (Wildman–Crippen MR) is 59.5 cm³/mol. The van der Waals surface area contributed by atoms with Crippen LogP contribution in [-0.2, 0) is 23.7 Å². The maximum atomic E-state index is 11.6. The van der Waals surface area contributed by atoms with Crippen LogP contribution in [0, 0.1) is 0 Å². The second kappa shape index (κ2) is 6.33. The van der Waals surface area contributed by atoms with Crippen LogP contribution < -0.4 is 0 Å². The summed E-state index contributed by atoms with van der Waals surface area (Å²) in [7, 11) is 1.70. The van der Waals surface area contributed by atoms with E-state index < -0.39 is 6.29 Å². The van der Waals surface area contributed by atoms with E-state index in [2.05, 4.69) is 0 Å².